The number of hydrogen-bond donors (Lipinski definition) is 0. The largest absolute Gasteiger partial charge is 0.462 e. The Morgan fingerprint density at radius 2 is 0.532 bits per heavy atom. The number of carbonyl (C=O) groups is 3. The number of ether oxygens (including phenoxy) is 3. The Hall–Kier alpha value is -1.85. The van der Waals surface area contributed by atoms with E-state index in [2.05, 4.69) is 32.9 Å². The quantitative estimate of drug-likeness (QED) is 0.0262. The highest BCUT2D eigenvalue weighted by Crippen LogP contribution is 2.17. The molecule has 0 aromatic carbocycles. The molecule has 0 aliphatic rings. The monoisotopic (exact) mass is 875 g/mol. The third-order valence-corrected chi connectivity index (χ3v) is 12.5. The number of hydrogen-bond acceptors (Lipinski definition) is 6. The number of allylic oxidation sites excluding steroid dienone is 2. The summed E-state index contributed by atoms with van der Waals surface area (Å²) in [6, 6.07) is 0. The minimum Gasteiger partial charge on any atom is -0.462 e. The summed E-state index contributed by atoms with van der Waals surface area (Å²) in [4.78, 5) is 37.7. The van der Waals surface area contributed by atoms with E-state index in [9.17, 15) is 14.4 Å². The maximum absolute atomic E-state index is 12.7. The van der Waals surface area contributed by atoms with Crippen LogP contribution < -0.4 is 0 Å². The van der Waals surface area contributed by atoms with Crippen LogP contribution in [-0.4, -0.2) is 37.2 Å². The third-order valence-electron chi connectivity index (χ3n) is 12.5. The summed E-state index contributed by atoms with van der Waals surface area (Å²) in [5.41, 5.74) is 0. The first-order valence-electron chi connectivity index (χ1n) is 27.7. The standard InChI is InChI=1S/C56H106O6/c1-4-7-10-13-15-17-19-21-23-24-25-26-27-28-29-30-31-32-33-35-36-38-40-43-46-49-55(58)61-52-53(51-60-54(57)48-45-42-12-9-6-3)62-56(59)50-47-44-41-39-37-34-22-20-18-16-14-11-8-5-2/h20,22,53H,4-19,21,23-52H2,1-3H3/b22-20-. The summed E-state index contributed by atoms with van der Waals surface area (Å²) in [6.45, 7) is 6.58. The molecule has 0 fully saturated rings. The number of unbranched alkanes of at least 4 members (excludes halogenated alkanes) is 38. The molecule has 0 aliphatic carbocycles. The zero-order valence-electron chi connectivity index (χ0n) is 41.9. The predicted octanol–water partition coefficient (Wildman–Crippen LogP) is 18.2. The highest BCUT2D eigenvalue weighted by atomic mass is 16.6. The van der Waals surface area contributed by atoms with Crippen molar-refractivity contribution in [3.8, 4) is 0 Å². The van der Waals surface area contributed by atoms with Crippen molar-refractivity contribution in [1.29, 1.82) is 0 Å². The summed E-state index contributed by atoms with van der Waals surface area (Å²) >= 11 is 0. The molecule has 1 atom stereocenters. The Labute approximate surface area is 386 Å². The van der Waals surface area contributed by atoms with Crippen LogP contribution in [0.15, 0.2) is 12.2 Å². The lowest BCUT2D eigenvalue weighted by atomic mass is 10.0. The molecule has 0 N–H and O–H groups in total. The van der Waals surface area contributed by atoms with Gasteiger partial charge in [-0.3, -0.25) is 14.4 Å². The smallest absolute Gasteiger partial charge is 0.306 e. The molecule has 6 heteroatoms. The van der Waals surface area contributed by atoms with Crippen LogP contribution in [0, 0.1) is 0 Å². The van der Waals surface area contributed by atoms with Gasteiger partial charge in [-0.2, -0.15) is 0 Å². The van der Waals surface area contributed by atoms with E-state index >= 15 is 0 Å². The van der Waals surface area contributed by atoms with Crippen LogP contribution in [0.5, 0.6) is 0 Å². The van der Waals surface area contributed by atoms with Gasteiger partial charge in [0.25, 0.3) is 0 Å². The number of esters is 3. The van der Waals surface area contributed by atoms with Crippen molar-refractivity contribution >= 4 is 17.9 Å². The fraction of sp³-hybridized carbons (Fsp3) is 0.911. The van der Waals surface area contributed by atoms with Crippen LogP contribution >= 0.6 is 0 Å². The average Bonchev–Trinajstić information content (AvgIpc) is 3.27. The molecule has 0 bridgehead atoms. The first-order valence-corrected chi connectivity index (χ1v) is 27.7. The van der Waals surface area contributed by atoms with E-state index in [0.29, 0.717) is 19.3 Å². The van der Waals surface area contributed by atoms with Gasteiger partial charge in [-0.15, -0.1) is 0 Å². The van der Waals surface area contributed by atoms with E-state index in [-0.39, 0.29) is 31.1 Å². The first-order chi connectivity index (χ1) is 30.5. The van der Waals surface area contributed by atoms with Crippen molar-refractivity contribution in [1.82, 2.24) is 0 Å². The zero-order valence-corrected chi connectivity index (χ0v) is 41.9. The molecule has 1 unspecified atom stereocenters. The molecule has 0 radical (unpaired) electrons. The van der Waals surface area contributed by atoms with Crippen molar-refractivity contribution in [2.45, 2.75) is 316 Å². The molecule has 62 heavy (non-hydrogen) atoms. The van der Waals surface area contributed by atoms with Gasteiger partial charge >= 0.3 is 17.9 Å². The van der Waals surface area contributed by atoms with Crippen molar-refractivity contribution in [3.63, 3.8) is 0 Å². The van der Waals surface area contributed by atoms with E-state index in [4.69, 9.17) is 14.2 Å². The van der Waals surface area contributed by atoms with E-state index in [1.54, 1.807) is 0 Å². The van der Waals surface area contributed by atoms with Gasteiger partial charge < -0.3 is 14.2 Å². The molecular formula is C56H106O6. The Bertz CT molecular complexity index is 962. The van der Waals surface area contributed by atoms with Crippen molar-refractivity contribution in [2.75, 3.05) is 13.2 Å². The Morgan fingerprint density at radius 3 is 0.806 bits per heavy atom. The second-order valence-electron chi connectivity index (χ2n) is 18.9. The van der Waals surface area contributed by atoms with Crippen LogP contribution in [0.4, 0.5) is 0 Å². The van der Waals surface area contributed by atoms with Crippen LogP contribution in [0.3, 0.4) is 0 Å². The molecule has 6 nitrogen and oxygen atoms in total. The SMILES string of the molecule is CCCCCCC/C=C\CCCCCCCC(=O)OC(COC(=O)CCCCCCC)COC(=O)CCCCCCCCCCCCCCCCCCCCCCCCCCC. The van der Waals surface area contributed by atoms with Crippen LogP contribution in [0.25, 0.3) is 0 Å². The van der Waals surface area contributed by atoms with Crippen LogP contribution in [0.2, 0.25) is 0 Å². The summed E-state index contributed by atoms with van der Waals surface area (Å²) in [6.07, 6.45) is 58.3. The topological polar surface area (TPSA) is 78.9 Å². The highest BCUT2D eigenvalue weighted by molar-refractivity contribution is 5.71. The maximum Gasteiger partial charge on any atom is 0.306 e. The minimum atomic E-state index is -0.766. The summed E-state index contributed by atoms with van der Waals surface area (Å²) in [5, 5.41) is 0. The molecule has 0 heterocycles. The lowest BCUT2D eigenvalue weighted by molar-refractivity contribution is -0.167. The fourth-order valence-corrected chi connectivity index (χ4v) is 8.32. The second-order valence-corrected chi connectivity index (χ2v) is 18.9. The highest BCUT2D eigenvalue weighted by Gasteiger charge is 2.19. The number of carbonyl (C=O) groups excluding carboxylic acids is 3. The fourth-order valence-electron chi connectivity index (χ4n) is 8.32. The Morgan fingerprint density at radius 1 is 0.306 bits per heavy atom. The van der Waals surface area contributed by atoms with E-state index < -0.39 is 6.10 Å². The molecule has 0 saturated heterocycles. The lowest BCUT2D eigenvalue weighted by Gasteiger charge is -2.18. The molecule has 0 amide bonds. The van der Waals surface area contributed by atoms with Gasteiger partial charge in [0.05, 0.1) is 0 Å². The molecule has 0 spiro atoms. The third kappa shape index (κ3) is 49.2. The minimum absolute atomic E-state index is 0.0694. The number of rotatable bonds is 51. The van der Waals surface area contributed by atoms with Crippen molar-refractivity contribution < 1.29 is 28.6 Å². The van der Waals surface area contributed by atoms with Crippen LogP contribution in [0.1, 0.15) is 310 Å². The zero-order chi connectivity index (χ0) is 45.1. The molecule has 0 aliphatic heterocycles. The molecule has 0 aromatic heterocycles. The van der Waals surface area contributed by atoms with Gasteiger partial charge in [0.1, 0.15) is 13.2 Å². The van der Waals surface area contributed by atoms with Gasteiger partial charge in [-0.1, -0.05) is 258 Å². The molecule has 0 saturated carbocycles. The van der Waals surface area contributed by atoms with E-state index in [1.807, 2.05) is 0 Å². The molecule has 0 aromatic rings. The lowest BCUT2D eigenvalue weighted by Crippen LogP contribution is -2.30. The first kappa shape index (κ1) is 60.2. The van der Waals surface area contributed by atoms with E-state index in [1.165, 1.54) is 199 Å². The predicted molar refractivity (Wildman–Crippen MR) is 266 cm³/mol. The Kier molecular flexibility index (Phi) is 50.2. The molecule has 0 rings (SSSR count). The normalized spacial score (nSPS) is 12.0. The van der Waals surface area contributed by atoms with Crippen LogP contribution in [-0.2, 0) is 28.6 Å². The molecular weight excluding hydrogens is 769 g/mol. The van der Waals surface area contributed by atoms with Gasteiger partial charge in [-0.25, -0.2) is 0 Å². The van der Waals surface area contributed by atoms with Crippen molar-refractivity contribution in [3.05, 3.63) is 12.2 Å². The van der Waals surface area contributed by atoms with Crippen molar-refractivity contribution in [2.24, 2.45) is 0 Å². The summed E-state index contributed by atoms with van der Waals surface area (Å²) in [7, 11) is 0. The summed E-state index contributed by atoms with van der Waals surface area (Å²) in [5.74, 6) is -0.876. The molecule has 366 valence electrons. The summed E-state index contributed by atoms with van der Waals surface area (Å²) < 4.78 is 16.7. The van der Waals surface area contributed by atoms with Gasteiger partial charge in [0.15, 0.2) is 6.10 Å². The van der Waals surface area contributed by atoms with E-state index in [0.717, 1.165) is 70.6 Å². The van der Waals surface area contributed by atoms with Gasteiger partial charge in [0, 0.05) is 19.3 Å². The average molecular weight is 875 g/mol. The second kappa shape index (κ2) is 51.8. The maximum atomic E-state index is 12.7. The Balaban J connectivity index is 3.99. The van der Waals surface area contributed by atoms with Gasteiger partial charge in [0.2, 0.25) is 0 Å². The van der Waals surface area contributed by atoms with Gasteiger partial charge in [-0.05, 0) is 44.9 Å².